The first kappa shape index (κ1) is 14.3. The Morgan fingerprint density at radius 2 is 2.05 bits per heavy atom. The van der Waals surface area contributed by atoms with Crippen LogP contribution in [0.3, 0.4) is 0 Å². The number of nitrogens with one attached hydrogen (secondary N) is 1. The van der Waals surface area contributed by atoms with Gasteiger partial charge in [-0.3, -0.25) is 0 Å². The smallest absolute Gasteiger partial charge is 0.310 e. The largest absolute Gasteiger partial charge is 0.419 e. The predicted octanol–water partition coefficient (Wildman–Crippen LogP) is 4.30. The van der Waals surface area contributed by atoms with E-state index in [1.54, 1.807) is 0 Å². The number of rotatable bonds is 2. The van der Waals surface area contributed by atoms with Gasteiger partial charge in [0.1, 0.15) is 5.82 Å². The number of alkyl halides is 3. The first-order valence-electron chi connectivity index (χ1n) is 6.51. The fraction of sp³-hybridized carbons (Fsp3) is 0.571. The molecule has 0 amide bonds. The van der Waals surface area contributed by atoms with Crippen molar-refractivity contribution in [1.82, 2.24) is 5.32 Å². The molecule has 0 radical (unpaired) electrons. The molecule has 0 spiro atoms. The molecule has 1 aliphatic heterocycles. The van der Waals surface area contributed by atoms with Crippen LogP contribution >= 0.6 is 0 Å². The second-order valence-electron chi connectivity index (χ2n) is 5.04. The zero-order valence-electron chi connectivity index (χ0n) is 10.7. The van der Waals surface area contributed by atoms with Crippen LogP contribution in [0.5, 0.6) is 0 Å². The van der Waals surface area contributed by atoms with E-state index in [0.29, 0.717) is 11.5 Å². The van der Waals surface area contributed by atoms with Crippen molar-refractivity contribution in [3.8, 4) is 0 Å². The summed E-state index contributed by atoms with van der Waals surface area (Å²) in [6.45, 7) is 2.92. The SMILES string of the molecule is CCC1CCNC(c2ccc(C(F)(F)F)c(F)c2)C1. The van der Waals surface area contributed by atoms with Crippen LogP contribution < -0.4 is 5.32 Å². The third-order valence-corrected chi connectivity index (χ3v) is 3.79. The minimum absolute atomic E-state index is 0.0458. The third-order valence-electron chi connectivity index (χ3n) is 3.79. The lowest BCUT2D eigenvalue weighted by Gasteiger charge is -2.30. The molecule has 1 aliphatic rings. The summed E-state index contributed by atoms with van der Waals surface area (Å²) in [5.41, 5.74) is -0.595. The Morgan fingerprint density at radius 1 is 1.32 bits per heavy atom. The van der Waals surface area contributed by atoms with E-state index in [0.717, 1.165) is 37.9 Å². The fourth-order valence-electron chi connectivity index (χ4n) is 2.60. The van der Waals surface area contributed by atoms with Gasteiger partial charge in [-0.2, -0.15) is 13.2 Å². The first-order valence-corrected chi connectivity index (χ1v) is 6.51. The maximum absolute atomic E-state index is 13.5. The van der Waals surface area contributed by atoms with Crippen LogP contribution in [0.2, 0.25) is 0 Å². The standard InChI is InChI=1S/C14H17F4N/c1-2-9-5-6-19-13(7-9)10-3-4-11(12(15)8-10)14(16,17)18/h3-4,8-9,13,19H,2,5-7H2,1H3. The first-order chi connectivity index (χ1) is 8.91. The van der Waals surface area contributed by atoms with Crippen molar-refractivity contribution in [3.63, 3.8) is 0 Å². The molecule has 0 aliphatic carbocycles. The summed E-state index contributed by atoms with van der Waals surface area (Å²) in [7, 11) is 0. The highest BCUT2D eigenvalue weighted by Crippen LogP contribution is 2.34. The van der Waals surface area contributed by atoms with Crippen molar-refractivity contribution in [1.29, 1.82) is 0 Å². The van der Waals surface area contributed by atoms with Crippen molar-refractivity contribution < 1.29 is 17.6 Å². The van der Waals surface area contributed by atoms with E-state index in [9.17, 15) is 17.6 Å². The van der Waals surface area contributed by atoms with Gasteiger partial charge in [-0.25, -0.2) is 4.39 Å². The average Bonchev–Trinajstić information content (AvgIpc) is 2.37. The van der Waals surface area contributed by atoms with Gasteiger partial charge in [-0.05, 0) is 43.0 Å². The fourth-order valence-corrected chi connectivity index (χ4v) is 2.60. The van der Waals surface area contributed by atoms with Gasteiger partial charge in [0, 0.05) is 6.04 Å². The molecule has 2 atom stereocenters. The normalized spacial score (nSPS) is 24.5. The quantitative estimate of drug-likeness (QED) is 0.794. The summed E-state index contributed by atoms with van der Waals surface area (Å²) in [5.74, 6) is -0.637. The number of hydrogen-bond acceptors (Lipinski definition) is 1. The van der Waals surface area contributed by atoms with Gasteiger partial charge in [-0.15, -0.1) is 0 Å². The van der Waals surface area contributed by atoms with Crippen molar-refractivity contribution in [2.24, 2.45) is 5.92 Å². The highest BCUT2D eigenvalue weighted by Gasteiger charge is 2.34. The van der Waals surface area contributed by atoms with Crippen LogP contribution in [-0.2, 0) is 6.18 Å². The highest BCUT2D eigenvalue weighted by molar-refractivity contribution is 5.28. The van der Waals surface area contributed by atoms with Crippen molar-refractivity contribution in [2.45, 2.75) is 38.4 Å². The van der Waals surface area contributed by atoms with Crippen molar-refractivity contribution in [2.75, 3.05) is 6.54 Å². The lowest BCUT2D eigenvalue weighted by atomic mass is 9.87. The van der Waals surface area contributed by atoms with Crippen molar-refractivity contribution in [3.05, 3.63) is 35.1 Å². The Hall–Kier alpha value is -1.10. The number of halogens is 4. The van der Waals surface area contributed by atoms with Crippen LogP contribution in [0.4, 0.5) is 17.6 Å². The van der Waals surface area contributed by atoms with Gasteiger partial charge in [0.2, 0.25) is 0 Å². The molecule has 5 heteroatoms. The maximum Gasteiger partial charge on any atom is 0.419 e. The van der Waals surface area contributed by atoms with E-state index in [1.165, 1.54) is 6.07 Å². The molecule has 1 saturated heterocycles. The molecule has 106 valence electrons. The van der Waals surface area contributed by atoms with Crippen LogP contribution in [-0.4, -0.2) is 6.54 Å². The van der Waals surface area contributed by atoms with Gasteiger partial charge in [-0.1, -0.05) is 19.4 Å². The van der Waals surface area contributed by atoms with Gasteiger partial charge < -0.3 is 5.32 Å². The molecule has 0 saturated carbocycles. The predicted molar refractivity (Wildman–Crippen MR) is 65.2 cm³/mol. The zero-order chi connectivity index (χ0) is 14.0. The molecule has 1 nitrogen and oxygen atoms in total. The Bertz CT molecular complexity index is 442. The monoisotopic (exact) mass is 275 g/mol. The summed E-state index contributed by atoms with van der Waals surface area (Å²) in [5, 5.41) is 3.24. The van der Waals surface area contributed by atoms with Gasteiger partial charge in [0.15, 0.2) is 0 Å². The molecule has 1 aromatic carbocycles. The number of hydrogen-bond donors (Lipinski definition) is 1. The Labute approximate surface area is 110 Å². The van der Waals surface area contributed by atoms with Crippen molar-refractivity contribution >= 4 is 0 Å². The minimum atomic E-state index is -4.63. The van der Waals surface area contributed by atoms with Crippen LogP contribution in [0.1, 0.15) is 43.4 Å². The lowest BCUT2D eigenvalue weighted by molar-refractivity contribution is -0.140. The third kappa shape index (κ3) is 3.26. The van der Waals surface area contributed by atoms with E-state index in [4.69, 9.17) is 0 Å². The van der Waals surface area contributed by atoms with Gasteiger partial charge in [0.25, 0.3) is 0 Å². The Morgan fingerprint density at radius 3 is 2.63 bits per heavy atom. The second kappa shape index (κ2) is 5.49. The molecule has 1 N–H and O–H groups in total. The van der Waals surface area contributed by atoms with E-state index < -0.39 is 17.6 Å². The summed E-state index contributed by atoms with van der Waals surface area (Å²) in [4.78, 5) is 0. The summed E-state index contributed by atoms with van der Waals surface area (Å²) >= 11 is 0. The summed E-state index contributed by atoms with van der Waals surface area (Å²) in [6.07, 6.45) is -1.67. The number of benzene rings is 1. The highest BCUT2D eigenvalue weighted by atomic mass is 19.4. The molecule has 1 fully saturated rings. The molecule has 19 heavy (non-hydrogen) atoms. The summed E-state index contributed by atoms with van der Waals surface area (Å²) < 4.78 is 51.0. The minimum Gasteiger partial charge on any atom is -0.310 e. The molecule has 1 heterocycles. The molecule has 2 rings (SSSR count). The van der Waals surface area contributed by atoms with E-state index >= 15 is 0 Å². The van der Waals surface area contributed by atoms with E-state index in [-0.39, 0.29) is 6.04 Å². The van der Waals surface area contributed by atoms with E-state index in [2.05, 4.69) is 12.2 Å². The summed E-state index contributed by atoms with van der Waals surface area (Å²) in [6, 6.07) is 3.18. The molecular weight excluding hydrogens is 258 g/mol. The van der Waals surface area contributed by atoms with Crippen LogP contribution in [0.15, 0.2) is 18.2 Å². The Kier molecular flexibility index (Phi) is 4.13. The molecule has 2 unspecified atom stereocenters. The number of piperidine rings is 1. The lowest BCUT2D eigenvalue weighted by Crippen LogP contribution is -2.31. The Balaban J connectivity index is 2.20. The van der Waals surface area contributed by atoms with E-state index in [1.807, 2.05) is 0 Å². The second-order valence-corrected chi connectivity index (χ2v) is 5.04. The molecule has 1 aromatic rings. The van der Waals surface area contributed by atoms with Gasteiger partial charge in [0.05, 0.1) is 5.56 Å². The van der Waals surface area contributed by atoms with Crippen LogP contribution in [0, 0.1) is 11.7 Å². The maximum atomic E-state index is 13.5. The average molecular weight is 275 g/mol. The molecular formula is C14H17F4N. The topological polar surface area (TPSA) is 12.0 Å². The molecule has 0 aromatic heterocycles. The molecule has 0 bridgehead atoms. The van der Waals surface area contributed by atoms with Gasteiger partial charge >= 0.3 is 6.18 Å². The van der Waals surface area contributed by atoms with Crippen LogP contribution in [0.25, 0.3) is 0 Å². The zero-order valence-corrected chi connectivity index (χ0v) is 10.7.